The molecule has 0 aromatic heterocycles. The minimum absolute atomic E-state index is 0.251. The normalized spacial score (nSPS) is 12.4. The van der Waals surface area contributed by atoms with Crippen molar-refractivity contribution in [3.63, 3.8) is 0 Å². The largest absolute Gasteiger partial charge is 0.300 e. The van der Waals surface area contributed by atoms with Gasteiger partial charge in [-0.1, -0.05) is 19.1 Å². The van der Waals surface area contributed by atoms with Crippen molar-refractivity contribution in [3.8, 4) is 0 Å². The summed E-state index contributed by atoms with van der Waals surface area (Å²) in [6.07, 6.45) is 1.85. The van der Waals surface area contributed by atoms with Gasteiger partial charge < -0.3 is 0 Å². The fourth-order valence-corrected chi connectivity index (χ4v) is 2.64. The Morgan fingerprint density at radius 1 is 1.38 bits per heavy atom. The maximum Gasteiger partial charge on any atom is 0.132 e. The molecule has 1 aromatic rings. The Balaban J connectivity index is 2.44. The van der Waals surface area contributed by atoms with Crippen LogP contribution in [0.15, 0.2) is 29.2 Å². The Morgan fingerprint density at radius 3 is 2.75 bits per heavy atom. The molecule has 1 unspecified atom stereocenters. The second-order valence-corrected chi connectivity index (χ2v) is 5.43. The number of rotatable bonds is 6. The molecule has 3 heteroatoms. The van der Waals surface area contributed by atoms with Gasteiger partial charge >= 0.3 is 0 Å². The van der Waals surface area contributed by atoms with E-state index < -0.39 is 10.8 Å². The number of aryl methyl sites for hydroxylation is 1. The van der Waals surface area contributed by atoms with E-state index in [1.54, 1.807) is 0 Å². The fraction of sp³-hybridized carbons (Fsp3) is 0.462. The van der Waals surface area contributed by atoms with Gasteiger partial charge in [0.25, 0.3) is 0 Å². The molecular weight excluding hydrogens is 220 g/mol. The van der Waals surface area contributed by atoms with Crippen LogP contribution in [-0.4, -0.2) is 15.7 Å². The van der Waals surface area contributed by atoms with E-state index in [4.69, 9.17) is 0 Å². The number of ketones is 1. The van der Waals surface area contributed by atoms with Gasteiger partial charge in [0.05, 0.1) is 10.8 Å². The van der Waals surface area contributed by atoms with Gasteiger partial charge in [-0.2, -0.15) is 0 Å². The van der Waals surface area contributed by atoms with E-state index in [0.717, 1.165) is 10.5 Å². The molecule has 0 spiro atoms. The second-order valence-electron chi connectivity index (χ2n) is 3.86. The van der Waals surface area contributed by atoms with Crippen molar-refractivity contribution in [1.82, 2.24) is 0 Å². The zero-order chi connectivity index (χ0) is 12.0. The van der Waals surface area contributed by atoms with Crippen molar-refractivity contribution in [2.75, 3.05) is 5.75 Å². The molecule has 1 rings (SSSR count). The van der Waals surface area contributed by atoms with Crippen molar-refractivity contribution in [3.05, 3.63) is 29.8 Å². The maximum atomic E-state index is 11.9. The number of carbonyl (C=O) groups excluding carboxylic acids is 1. The summed E-state index contributed by atoms with van der Waals surface area (Å²) < 4.78 is 11.9. The first-order valence-corrected chi connectivity index (χ1v) is 6.92. The smallest absolute Gasteiger partial charge is 0.132 e. The van der Waals surface area contributed by atoms with Gasteiger partial charge in [0.2, 0.25) is 0 Å². The third kappa shape index (κ3) is 4.27. The lowest BCUT2D eigenvalue weighted by atomic mass is 10.2. The van der Waals surface area contributed by atoms with Crippen molar-refractivity contribution < 1.29 is 9.00 Å². The highest BCUT2D eigenvalue weighted by atomic mass is 32.2. The standard InChI is InChI=1S/C13H18O2S/c1-3-12(14)7-5-9-16(15)13-8-4-6-11(2)10-13/h4,6,8,10H,3,5,7,9H2,1-2H3. The number of hydrogen-bond acceptors (Lipinski definition) is 2. The molecule has 0 aliphatic rings. The molecule has 0 heterocycles. The highest BCUT2D eigenvalue weighted by Crippen LogP contribution is 2.10. The van der Waals surface area contributed by atoms with E-state index in [1.165, 1.54) is 0 Å². The highest BCUT2D eigenvalue weighted by molar-refractivity contribution is 7.85. The van der Waals surface area contributed by atoms with Crippen LogP contribution in [0.25, 0.3) is 0 Å². The van der Waals surface area contributed by atoms with Gasteiger partial charge in [-0.15, -0.1) is 0 Å². The van der Waals surface area contributed by atoms with Crippen LogP contribution in [0, 0.1) is 6.92 Å². The molecule has 0 amide bonds. The van der Waals surface area contributed by atoms with Gasteiger partial charge in [-0.3, -0.25) is 9.00 Å². The van der Waals surface area contributed by atoms with Crippen LogP contribution in [0.4, 0.5) is 0 Å². The number of carbonyl (C=O) groups is 1. The zero-order valence-electron chi connectivity index (χ0n) is 9.86. The summed E-state index contributed by atoms with van der Waals surface area (Å²) in [5.74, 6) is 0.830. The van der Waals surface area contributed by atoms with Gasteiger partial charge in [-0.25, -0.2) is 0 Å². The Morgan fingerprint density at radius 2 is 2.12 bits per heavy atom. The molecule has 0 saturated carbocycles. The van der Waals surface area contributed by atoms with Crippen LogP contribution in [0.1, 0.15) is 31.7 Å². The van der Waals surface area contributed by atoms with Crippen LogP contribution in [0.2, 0.25) is 0 Å². The molecule has 1 atom stereocenters. The Hall–Kier alpha value is -0.960. The lowest BCUT2D eigenvalue weighted by Crippen LogP contribution is -2.02. The zero-order valence-corrected chi connectivity index (χ0v) is 10.7. The van der Waals surface area contributed by atoms with Crippen LogP contribution < -0.4 is 0 Å². The van der Waals surface area contributed by atoms with E-state index in [9.17, 15) is 9.00 Å². The van der Waals surface area contributed by atoms with Crippen LogP contribution in [-0.2, 0) is 15.6 Å². The molecule has 88 valence electrons. The van der Waals surface area contributed by atoms with Crippen molar-refractivity contribution in [2.45, 2.75) is 38.0 Å². The molecule has 0 aliphatic heterocycles. The highest BCUT2D eigenvalue weighted by Gasteiger charge is 2.05. The minimum atomic E-state index is -0.964. The molecule has 2 nitrogen and oxygen atoms in total. The Bertz CT molecular complexity index is 385. The first kappa shape index (κ1) is 13.1. The predicted octanol–water partition coefficient (Wildman–Crippen LogP) is 2.86. The van der Waals surface area contributed by atoms with E-state index in [2.05, 4.69) is 0 Å². The summed E-state index contributed by atoms with van der Waals surface area (Å²) in [7, 11) is -0.964. The van der Waals surface area contributed by atoms with Gasteiger partial charge in [0.15, 0.2) is 0 Å². The molecule has 0 bridgehead atoms. The number of benzene rings is 1. The molecule has 0 N–H and O–H groups in total. The lowest BCUT2D eigenvalue weighted by Gasteiger charge is -2.02. The second kappa shape index (κ2) is 6.59. The summed E-state index contributed by atoms with van der Waals surface area (Å²) in [6, 6.07) is 7.73. The van der Waals surface area contributed by atoms with Gasteiger partial charge in [0, 0.05) is 23.5 Å². The van der Waals surface area contributed by atoms with Crippen molar-refractivity contribution >= 4 is 16.6 Å². The maximum absolute atomic E-state index is 11.9. The first-order chi connectivity index (χ1) is 7.63. The predicted molar refractivity (Wildman–Crippen MR) is 67.0 cm³/mol. The SMILES string of the molecule is CCC(=O)CCCS(=O)c1cccc(C)c1. The fourth-order valence-electron chi connectivity index (χ4n) is 1.45. The Labute approximate surface area is 99.5 Å². The van der Waals surface area contributed by atoms with Crippen molar-refractivity contribution in [2.24, 2.45) is 0 Å². The average molecular weight is 238 g/mol. The van der Waals surface area contributed by atoms with E-state index >= 15 is 0 Å². The number of hydrogen-bond donors (Lipinski definition) is 0. The third-order valence-electron chi connectivity index (χ3n) is 2.43. The van der Waals surface area contributed by atoms with E-state index in [1.807, 2.05) is 38.1 Å². The average Bonchev–Trinajstić information content (AvgIpc) is 2.28. The molecule has 0 saturated heterocycles. The van der Waals surface area contributed by atoms with Crippen LogP contribution in [0.3, 0.4) is 0 Å². The number of Topliss-reactive ketones (excluding diaryl/α,β-unsaturated/α-hetero) is 1. The monoisotopic (exact) mass is 238 g/mol. The van der Waals surface area contributed by atoms with E-state index in [-0.39, 0.29) is 5.78 Å². The third-order valence-corrected chi connectivity index (χ3v) is 3.87. The summed E-state index contributed by atoms with van der Waals surface area (Å²) >= 11 is 0. The van der Waals surface area contributed by atoms with Crippen LogP contribution in [0.5, 0.6) is 0 Å². The quantitative estimate of drug-likeness (QED) is 0.763. The minimum Gasteiger partial charge on any atom is -0.300 e. The summed E-state index contributed by atoms with van der Waals surface area (Å²) in [5.41, 5.74) is 1.12. The molecule has 1 aromatic carbocycles. The molecule has 0 fully saturated rings. The summed E-state index contributed by atoms with van der Waals surface area (Å²) in [4.78, 5) is 11.9. The van der Waals surface area contributed by atoms with Gasteiger partial charge in [-0.05, 0) is 31.0 Å². The van der Waals surface area contributed by atoms with Crippen LogP contribution >= 0.6 is 0 Å². The molecule has 0 aliphatic carbocycles. The van der Waals surface area contributed by atoms with Crippen molar-refractivity contribution in [1.29, 1.82) is 0 Å². The summed E-state index contributed by atoms with van der Waals surface area (Å²) in [5, 5.41) is 0. The Kier molecular flexibility index (Phi) is 5.39. The van der Waals surface area contributed by atoms with E-state index in [0.29, 0.717) is 25.0 Å². The first-order valence-electron chi connectivity index (χ1n) is 5.60. The summed E-state index contributed by atoms with van der Waals surface area (Å²) in [6.45, 7) is 3.85. The molecule has 0 radical (unpaired) electrons. The lowest BCUT2D eigenvalue weighted by molar-refractivity contribution is -0.118. The molecular formula is C13H18O2S. The van der Waals surface area contributed by atoms with Gasteiger partial charge in [0.1, 0.15) is 5.78 Å². The molecule has 16 heavy (non-hydrogen) atoms. The topological polar surface area (TPSA) is 34.1 Å².